The van der Waals surface area contributed by atoms with Gasteiger partial charge in [0.1, 0.15) is 6.10 Å². The highest BCUT2D eigenvalue weighted by Gasteiger charge is 2.30. The van der Waals surface area contributed by atoms with Crippen molar-refractivity contribution in [2.24, 2.45) is 5.92 Å². The highest BCUT2D eigenvalue weighted by Crippen LogP contribution is 2.20. The third-order valence-corrected chi connectivity index (χ3v) is 3.92. The lowest BCUT2D eigenvalue weighted by Gasteiger charge is -2.31. The van der Waals surface area contributed by atoms with Crippen molar-refractivity contribution in [2.75, 3.05) is 39.8 Å². The maximum absolute atomic E-state index is 12.1. The number of esters is 1. The van der Waals surface area contributed by atoms with Crippen LogP contribution in [0, 0.1) is 5.92 Å². The van der Waals surface area contributed by atoms with Crippen molar-refractivity contribution in [1.29, 1.82) is 0 Å². The van der Waals surface area contributed by atoms with Crippen LogP contribution in [-0.4, -0.2) is 61.6 Å². The van der Waals surface area contributed by atoms with E-state index in [-0.39, 0.29) is 18.0 Å². The average molecular weight is 240 g/mol. The van der Waals surface area contributed by atoms with Gasteiger partial charge in [-0.25, -0.2) is 0 Å². The molecule has 2 heterocycles. The zero-order chi connectivity index (χ0) is 12.3. The molecule has 0 aromatic rings. The topological polar surface area (TPSA) is 32.8 Å². The van der Waals surface area contributed by atoms with Gasteiger partial charge in [-0.15, -0.1) is 0 Å². The molecule has 2 atom stereocenters. The summed E-state index contributed by atoms with van der Waals surface area (Å²) in [5, 5.41) is 0. The molecule has 2 fully saturated rings. The fourth-order valence-electron chi connectivity index (χ4n) is 2.79. The van der Waals surface area contributed by atoms with E-state index in [1.165, 1.54) is 0 Å². The number of piperidine rings is 1. The first-order chi connectivity index (χ1) is 8.19. The number of rotatable bonds is 3. The Hall–Kier alpha value is -0.610. The monoisotopic (exact) mass is 240 g/mol. The summed E-state index contributed by atoms with van der Waals surface area (Å²) in [4.78, 5) is 16.6. The maximum atomic E-state index is 12.1. The Labute approximate surface area is 104 Å². The van der Waals surface area contributed by atoms with E-state index >= 15 is 0 Å². The highest BCUT2D eigenvalue weighted by molar-refractivity contribution is 5.73. The summed E-state index contributed by atoms with van der Waals surface area (Å²) in [6.45, 7) is 7.15. The smallest absolute Gasteiger partial charge is 0.310 e. The van der Waals surface area contributed by atoms with Gasteiger partial charge in [0.05, 0.1) is 5.92 Å². The molecule has 0 saturated carbocycles. The lowest BCUT2D eigenvalue weighted by atomic mass is 9.98. The molecule has 98 valence electrons. The van der Waals surface area contributed by atoms with Crippen LogP contribution >= 0.6 is 0 Å². The second kappa shape index (κ2) is 5.83. The van der Waals surface area contributed by atoms with Crippen LogP contribution in [0.3, 0.4) is 0 Å². The molecule has 0 aromatic heterocycles. The summed E-state index contributed by atoms with van der Waals surface area (Å²) in [5.74, 6) is 0.137. The fourth-order valence-corrected chi connectivity index (χ4v) is 2.79. The highest BCUT2D eigenvalue weighted by atomic mass is 16.5. The van der Waals surface area contributed by atoms with E-state index in [9.17, 15) is 4.79 Å². The molecule has 0 aliphatic carbocycles. The van der Waals surface area contributed by atoms with E-state index in [0.29, 0.717) is 0 Å². The van der Waals surface area contributed by atoms with Crippen LogP contribution < -0.4 is 0 Å². The summed E-state index contributed by atoms with van der Waals surface area (Å²) in [6, 6.07) is 0. The lowest BCUT2D eigenvalue weighted by Crippen LogP contribution is -2.40. The SMILES string of the molecule is CCN1CCCC(C(=O)OC2CCN(C)C2)C1. The van der Waals surface area contributed by atoms with Crippen molar-refractivity contribution in [3.8, 4) is 0 Å². The van der Waals surface area contributed by atoms with Gasteiger partial charge in [-0.2, -0.15) is 0 Å². The molecular weight excluding hydrogens is 216 g/mol. The van der Waals surface area contributed by atoms with E-state index in [0.717, 1.165) is 52.0 Å². The molecule has 0 bridgehead atoms. The van der Waals surface area contributed by atoms with Gasteiger partial charge in [0.2, 0.25) is 0 Å². The van der Waals surface area contributed by atoms with Crippen molar-refractivity contribution in [2.45, 2.75) is 32.3 Å². The number of likely N-dealkylation sites (N-methyl/N-ethyl adjacent to an activating group) is 1. The van der Waals surface area contributed by atoms with Crippen LogP contribution in [0.2, 0.25) is 0 Å². The quantitative estimate of drug-likeness (QED) is 0.688. The first-order valence-corrected chi connectivity index (χ1v) is 6.80. The van der Waals surface area contributed by atoms with Crippen LogP contribution in [0.1, 0.15) is 26.2 Å². The molecule has 4 heteroatoms. The van der Waals surface area contributed by atoms with E-state index in [1.54, 1.807) is 0 Å². The molecule has 2 aliphatic heterocycles. The van der Waals surface area contributed by atoms with Gasteiger partial charge in [-0.05, 0) is 39.4 Å². The average Bonchev–Trinajstić information content (AvgIpc) is 2.75. The molecule has 2 aliphatic rings. The second-order valence-electron chi connectivity index (χ2n) is 5.34. The van der Waals surface area contributed by atoms with Gasteiger partial charge in [-0.1, -0.05) is 6.92 Å². The summed E-state index contributed by atoms with van der Waals surface area (Å²) in [6.07, 6.45) is 3.24. The molecule has 0 N–H and O–H groups in total. The Morgan fingerprint density at radius 3 is 2.76 bits per heavy atom. The molecule has 2 unspecified atom stereocenters. The van der Waals surface area contributed by atoms with Gasteiger partial charge in [0, 0.05) is 19.6 Å². The molecule has 2 saturated heterocycles. The number of ether oxygens (including phenoxy) is 1. The summed E-state index contributed by atoms with van der Waals surface area (Å²) in [7, 11) is 2.08. The van der Waals surface area contributed by atoms with E-state index in [1.807, 2.05) is 0 Å². The molecule has 17 heavy (non-hydrogen) atoms. The number of nitrogens with zero attached hydrogens (tertiary/aromatic N) is 2. The molecule has 4 nitrogen and oxygen atoms in total. The van der Waals surface area contributed by atoms with Crippen molar-refractivity contribution in [3.63, 3.8) is 0 Å². The fraction of sp³-hybridized carbons (Fsp3) is 0.923. The molecule has 0 radical (unpaired) electrons. The van der Waals surface area contributed by atoms with Crippen molar-refractivity contribution >= 4 is 5.97 Å². The first kappa shape index (κ1) is 12.8. The van der Waals surface area contributed by atoms with Crippen LogP contribution in [0.5, 0.6) is 0 Å². The standard InChI is InChI=1S/C13H24N2O2/c1-3-15-7-4-5-11(9-15)13(16)17-12-6-8-14(2)10-12/h11-12H,3-10H2,1-2H3. The van der Waals surface area contributed by atoms with Crippen LogP contribution in [0.25, 0.3) is 0 Å². The van der Waals surface area contributed by atoms with Gasteiger partial charge in [-0.3, -0.25) is 4.79 Å². The Morgan fingerprint density at radius 2 is 2.12 bits per heavy atom. The number of hydrogen-bond acceptors (Lipinski definition) is 4. The summed E-state index contributed by atoms with van der Waals surface area (Å²) in [5.41, 5.74) is 0. The molecule has 0 spiro atoms. The molecular formula is C13H24N2O2. The van der Waals surface area contributed by atoms with Gasteiger partial charge in [0.15, 0.2) is 0 Å². The third kappa shape index (κ3) is 3.42. The second-order valence-corrected chi connectivity index (χ2v) is 5.34. The van der Waals surface area contributed by atoms with Gasteiger partial charge >= 0.3 is 5.97 Å². The minimum Gasteiger partial charge on any atom is -0.461 e. The van der Waals surface area contributed by atoms with E-state index < -0.39 is 0 Å². The minimum absolute atomic E-state index is 0.0310. The predicted octanol–water partition coefficient (Wildman–Crippen LogP) is 0.966. The van der Waals surface area contributed by atoms with Gasteiger partial charge < -0.3 is 14.5 Å². The Bertz CT molecular complexity index is 270. The summed E-state index contributed by atoms with van der Waals surface area (Å²) >= 11 is 0. The molecule has 0 amide bonds. The normalized spacial score (nSPS) is 31.6. The number of likely N-dealkylation sites (tertiary alicyclic amines) is 2. The number of hydrogen-bond donors (Lipinski definition) is 0. The number of carbonyl (C=O) groups is 1. The Morgan fingerprint density at radius 1 is 1.29 bits per heavy atom. The maximum Gasteiger partial charge on any atom is 0.310 e. The third-order valence-electron chi connectivity index (χ3n) is 3.92. The Kier molecular flexibility index (Phi) is 4.40. The van der Waals surface area contributed by atoms with Crippen molar-refractivity contribution in [1.82, 2.24) is 9.80 Å². The van der Waals surface area contributed by atoms with Crippen molar-refractivity contribution in [3.05, 3.63) is 0 Å². The first-order valence-electron chi connectivity index (χ1n) is 6.80. The predicted molar refractivity (Wildman–Crippen MR) is 66.8 cm³/mol. The van der Waals surface area contributed by atoms with E-state index in [4.69, 9.17) is 4.74 Å². The zero-order valence-corrected chi connectivity index (χ0v) is 11.0. The largest absolute Gasteiger partial charge is 0.461 e. The number of carbonyl (C=O) groups excluding carboxylic acids is 1. The van der Waals surface area contributed by atoms with Crippen LogP contribution in [0.4, 0.5) is 0 Å². The van der Waals surface area contributed by atoms with E-state index in [2.05, 4.69) is 23.8 Å². The van der Waals surface area contributed by atoms with Gasteiger partial charge in [0.25, 0.3) is 0 Å². The lowest BCUT2D eigenvalue weighted by molar-refractivity contribution is -0.155. The van der Waals surface area contributed by atoms with Crippen LogP contribution in [0.15, 0.2) is 0 Å². The Balaban J connectivity index is 1.79. The van der Waals surface area contributed by atoms with Crippen molar-refractivity contribution < 1.29 is 9.53 Å². The zero-order valence-electron chi connectivity index (χ0n) is 11.0. The van der Waals surface area contributed by atoms with Crippen LogP contribution in [-0.2, 0) is 9.53 Å². The molecule has 0 aromatic carbocycles. The summed E-state index contributed by atoms with van der Waals surface area (Å²) < 4.78 is 5.61. The minimum atomic E-state index is 0.0310. The molecule has 2 rings (SSSR count).